The standard InChI is InChI=1S/C20H19BrO5/c1-3-24-19(22)10-14-4-5-16(23-2)11-18(14)26-12-13-8-15-6-7-25-20(15)17(21)9-13/h4-9,11H,3,10,12H2,1-2H3. The summed E-state index contributed by atoms with van der Waals surface area (Å²) in [4.78, 5) is 11.8. The highest BCUT2D eigenvalue weighted by Gasteiger charge is 2.12. The largest absolute Gasteiger partial charge is 0.497 e. The molecule has 26 heavy (non-hydrogen) atoms. The van der Waals surface area contributed by atoms with Crippen molar-refractivity contribution in [3.05, 3.63) is 58.3 Å². The minimum absolute atomic E-state index is 0.150. The fourth-order valence-electron chi connectivity index (χ4n) is 2.65. The molecule has 0 fully saturated rings. The molecule has 0 spiro atoms. The van der Waals surface area contributed by atoms with Gasteiger partial charge in [-0.15, -0.1) is 0 Å². The second-order valence-electron chi connectivity index (χ2n) is 5.66. The summed E-state index contributed by atoms with van der Waals surface area (Å²) in [7, 11) is 1.59. The van der Waals surface area contributed by atoms with Crippen LogP contribution in [0.25, 0.3) is 11.0 Å². The maximum atomic E-state index is 11.8. The molecule has 0 saturated heterocycles. The number of methoxy groups -OCH3 is 1. The van der Waals surface area contributed by atoms with Gasteiger partial charge in [0.25, 0.3) is 0 Å². The van der Waals surface area contributed by atoms with Crippen LogP contribution in [0.15, 0.2) is 51.6 Å². The predicted molar refractivity (Wildman–Crippen MR) is 102 cm³/mol. The highest BCUT2D eigenvalue weighted by Crippen LogP contribution is 2.29. The van der Waals surface area contributed by atoms with Gasteiger partial charge in [0.1, 0.15) is 23.7 Å². The second kappa shape index (κ2) is 8.27. The molecule has 0 N–H and O–H groups in total. The number of benzene rings is 2. The van der Waals surface area contributed by atoms with Gasteiger partial charge in [0.2, 0.25) is 0 Å². The molecule has 0 unspecified atom stereocenters. The monoisotopic (exact) mass is 418 g/mol. The molecule has 0 radical (unpaired) electrons. The summed E-state index contributed by atoms with van der Waals surface area (Å²) in [5.74, 6) is 0.977. The quantitative estimate of drug-likeness (QED) is 0.511. The molecule has 1 heterocycles. The van der Waals surface area contributed by atoms with Crippen LogP contribution in [-0.2, 0) is 22.6 Å². The number of ether oxygens (including phenoxy) is 3. The van der Waals surface area contributed by atoms with E-state index in [1.54, 1.807) is 32.4 Å². The SMILES string of the molecule is CCOC(=O)Cc1ccc(OC)cc1OCc1cc(Br)c2occc2c1. The van der Waals surface area contributed by atoms with Crippen molar-refractivity contribution in [1.82, 2.24) is 0 Å². The van der Waals surface area contributed by atoms with Crippen molar-refractivity contribution in [1.29, 1.82) is 0 Å². The van der Waals surface area contributed by atoms with Crippen LogP contribution in [0.1, 0.15) is 18.1 Å². The average Bonchev–Trinajstić information content (AvgIpc) is 3.10. The topological polar surface area (TPSA) is 57.9 Å². The lowest BCUT2D eigenvalue weighted by Gasteiger charge is -2.13. The van der Waals surface area contributed by atoms with Crippen molar-refractivity contribution < 1.29 is 23.4 Å². The average molecular weight is 419 g/mol. The van der Waals surface area contributed by atoms with Crippen LogP contribution in [-0.4, -0.2) is 19.7 Å². The lowest BCUT2D eigenvalue weighted by Crippen LogP contribution is -2.09. The highest BCUT2D eigenvalue weighted by molar-refractivity contribution is 9.10. The second-order valence-corrected chi connectivity index (χ2v) is 6.52. The molecule has 136 valence electrons. The van der Waals surface area contributed by atoms with Crippen molar-refractivity contribution in [3.8, 4) is 11.5 Å². The highest BCUT2D eigenvalue weighted by atomic mass is 79.9. The minimum atomic E-state index is -0.287. The molecule has 5 nitrogen and oxygen atoms in total. The summed E-state index contributed by atoms with van der Waals surface area (Å²) >= 11 is 3.51. The van der Waals surface area contributed by atoms with Gasteiger partial charge in [-0.05, 0) is 52.7 Å². The van der Waals surface area contributed by atoms with Crippen molar-refractivity contribution in [2.24, 2.45) is 0 Å². The molecule has 2 aromatic carbocycles. The number of fused-ring (bicyclic) bond motifs is 1. The third-order valence-electron chi connectivity index (χ3n) is 3.87. The Hall–Kier alpha value is -2.47. The fraction of sp³-hybridized carbons (Fsp3) is 0.250. The Morgan fingerprint density at radius 1 is 1.19 bits per heavy atom. The zero-order valence-electron chi connectivity index (χ0n) is 14.6. The number of carbonyl (C=O) groups excluding carboxylic acids is 1. The van der Waals surface area contributed by atoms with Crippen LogP contribution in [0.4, 0.5) is 0 Å². The first-order chi connectivity index (χ1) is 12.6. The molecule has 3 aromatic rings. The molecule has 0 aliphatic heterocycles. The summed E-state index contributed by atoms with van der Waals surface area (Å²) in [6, 6.07) is 11.3. The van der Waals surface area contributed by atoms with Crippen LogP contribution < -0.4 is 9.47 Å². The van der Waals surface area contributed by atoms with E-state index in [0.717, 1.165) is 26.6 Å². The zero-order chi connectivity index (χ0) is 18.5. The first kappa shape index (κ1) is 18.3. The number of hydrogen-bond donors (Lipinski definition) is 0. The van der Waals surface area contributed by atoms with Gasteiger partial charge in [-0.2, -0.15) is 0 Å². The maximum absolute atomic E-state index is 11.8. The third kappa shape index (κ3) is 4.19. The van der Waals surface area contributed by atoms with Gasteiger partial charge in [0.05, 0.1) is 30.9 Å². The molecule has 0 amide bonds. The van der Waals surface area contributed by atoms with Gasteiger partial charge in [0, 0.05) is 17.0 Å². The summed E-state index contributed by atoms with van der Waals surface area (Å²) in [6.07, 6.45) is 1.80. The van der Waals surface area contributed by atoms with E-state index in [1.807, 2.05) is 24.3 Å². The van der Waals surface area contributed by atoms with Gasteiger partial charge < -0.3 is 18.6 Å². The van der Waals surface area contributed by atoms with Gasteiger partial charge >= 0.3 is 5.97 Å². The van der Waals surface area contributed by atoms with Crippen LogP contribution >= 0.6 is 15.9 Å². The van der Waals surface area contributed by atoms with Crippen LogP contribution in [0.5, 0.6) is 11.5 Å². The summed E-state index contributed by atoms with van der Waals surface area (Å²) in [6.45, 7) is 2.49. The Morgan fingerprint density at radius 2 is 2.04 bits per heavy atom. The Morgan fingerprint density at radius 3 is 2.81 bits per heavy atom. The number of rotatable bonds is 7. The number of carbonyl (C=O) groups is 1. The number of hydrogen-bond acceptors (Lipinski definition) is 5. The van der Waals surface area contributed by atoms with Crippen molar-refractivity contribution in [2.45, 2.75) is 20.0 Å². The van der Waals surface area contributed by atoms with Crippen molar-refractivity contribution in [2.75, 3.05) is 13.7 Å². The van der Waals surface area contributed by atoms with Crippen molar-refractivity contribution >= 4 is 32.9 Å². The van der Waals surface area contributed by atoms with Crippen molar-refractivity contribution in [3.63, 3.8) is 0 Å². The number of esters is 1. The molecule has 0 aliphatic carbocycles. The first-order valence-electron chi connectivity index (χ1n) is 8.21. The minimum Gasteiger partial charge on any atom is -0.497 e. The molecule has 0 bridgehead atoms. The number of halogens is 1. The maximum Gasteiger partial charge on any atom is 0.310 e. The van der Waals surface area contributed by atoms with E-state index < -0.39 is 0 Å². The van der Waals surface area contributed by atoms with Gasteiger partial charge in [-0.3, -0.25) is 4.79 Å². The van der Waals surface area contributed by atoms with Crippen LogP contribution in [0, 0.1) is 0 Å². The van der Waals surface area contributed by atoms with Gasteiger partial charge in [-0.1, -0.05) is 6.07 Å². The molecule has 0 atom stereocenters. The lowest BCUT2D eigenvalue weighted by molar-refractivity contribution is -0.142. The Bertz CT molecular complexity index is 916. The third-order valence-corrected chi connectivity index (χ3v) is 4.46. The Kier molecular flexibility index (Phi) is 5.83. The lowest BCUT2D eigenvalue weighted by atomic mass is 10.1. The summed E-state index contributed by atoms with van der Waals surface area (Å²) in [5, 5.41) is 0.996. The summed E-state index contributed by atoms with van der Waals surface area (Å²) < 4.78 is 22.6. The fourth-order valence-corrected chi connectivity index (χ4v) is 3.27. The van der Waals surface area contributed by atoms with E-state index in [4.69, 9.17) is 18.6 Å². The van der Waals surface area contributed by atoms with Crippen LogP contribution in [0.3, 0.4) is 0 Å². The zero-order valence-corrected chi connectivity index (χ0v) is 16.2. The van der Waals surface area contributed by atoms with Gasteiger partial charge in [-0.25, -0.2) is 0 Å². The molecule has 6 heteroatoms. The Balaban J connectivity index is 1.81. The smallest absolute Gasteiger partial charge is 0.310 e. The normalized spacial score (nSPS) is 10.7. The van der Waals surface area contributed by atoms with E-state index in [2.05, 4.69) is 15.9 Å². The molecule has 0 aliphatic rings. The Labute approximate surface area is 160 Å². The van der Waals surface area contributed by atoms with E-state index in [0.29, 0.717) is 24.7 Å². The van der Waals surface area contributed by atoms with Gasteiger partial charge in [0.15, 0.2) is 0 Å². The predicted octanol–water partition coefficient (Wildman–Crippen LogP) is 4.89. The molecular weight excluding hydrogens is 400 g/mol. The molecular formula is C20H19BrO5. The first-order valence-corrected chi connectivity index (χ1v) is 9.01. The van der Waals surface area contributed by atoms with E-state index in [-0.39, 0.29) is 12.4 Å². The van der Waals surface area contributed by atoms with E-state index in [1.165, 1.54) is 0 Å². The molecule has 3 rings (SSSR count). The van der Waals surface area contributed by atoms with E-state index in [9.17, 15) is 4.79 Å². The number of furan rings is 1. The van der Waals surface area contributed by atoms with E-state index >= 15 is 0 Å². The molecule has 1 aromatic heterocycles. The molecule has 0 saturated carbocycles. The van der Waals surface area contributed by atoms with Crippen LogP contribution in [0.2, 0.25) is 0 Å². The summed E-state index contributed by atoms with van der Waals surface area (Å²) in [5.41, 5.74) is 2.54.